The lowest BCUT2D eigenvalue weighted by Crippen LogP contribution is -2.57. The lowest BCUT2D eigenvalue weighted by Gasteiger charge is -2.46. The van der Waals surface area contributed by atoms with Crippen LogP contribution in [0.1, 0.15) is 48.3 Å². The first kappa shape index (κ1) is 43.2. The number of benzene rings is 3. The quantitative estimate of drug-likeness (QED) is 0.148. The summed E-state index contributed by atoms with van der Waals surface area (Å²) in [5, 5.41) is 9.02. The fourth-order valence-electron chi connectivity index (χ4n) is 9.93. The highest BCUT2D eigenvalue weighted by Gasteiger charge is 2.35. The van der Waals surface area contributed by atoms with Crippen LogP contribution in [0.15, 0.2) is 59.2 Å². The fraction of sp³-hybridized carbons (Fsp3) is 0.467. The third kappa shape index (κ3) is 9.17. The maximum absolute atomic E-state index is 15.1. The molecule has 63 heavy (non-hydrogen) atoms. The van der Waals surface area contributed by atoms with Crippen LogP contribution in [0, 0.1) is 18.7 Å². The lowest BCUT2D eigenvalue weighted by molar-refractivity contribution is -0.134. The monoisotopic (exact) mass is 944 g/mol. The van der Waals surface area contributed by atoms with Gasteiger partial charge in [-0.1, -0.05) is 18.2 Å². The summed E-state index contributed by atoms with van der Waals surface area (Å²) >= 11 is 3.56. The van der Waals surface area contributed by atoms with Crippen LogP contribution in [0.3, 0.4) is 0 Å². The third-order valence-corrected chi connectivity index (χ3v) is 15.0. The van der Waals surface area contributed by atoms with Crippen LogP contribution in [-0.2, 0) is 26.0 Å². The number of imide groups is 1. The van der Waals surface area contributed by atoms with E-state index in [4.69, 9.17) is 9.72 Å². The Labute approximate surface area is 376 Å². The first-order chi connectivity index (χ1) is 30.3. The average molecular weight is 946 g/mol. The van der Waals surface area contributed by atoms with E-state index in [1.165, 1.54) is 16.6 Å². The average Bonchev–Trinajstić information content (AvgIpc) is 3.71. The summed E-state index contributed by atoms with van der Waals surface area (Å²) in [6, 6.07) is 15.6. The molecule has 5 aliphatic heterocycles. The molecule has 3 N–H and O–H groups in total. The summed E-state index contributed by atoms with van der Waals surface area (Å²) in [5.74, 6) is 0.362. The number of aryl methyl sites for hydroxylation is 1. The number of anilines is 7. The van der Waals surface area contributed by atoms with Crippen molar-refractivity contribution in [2.24, 2.45) is 5.92 Å². The van der Waals surface area contributed by atoms with Gasteiger partial charge in [0, 0.05) is 113 Å². The van der Waals surface area contributed by atoms with Gasteiger partial charge in [-0.15, -0.1) is 0 Å². The third-order valence-electron chi connectivity index (χ3n) is 13.3. The number of hydrogen-bond donors (Lipinski definition) is 3. The number of hydrogen-bond acceptors (Lipinski definition) is 13. The molecule has 9 rings (SSSR count). The van der Waals surface area contributed by atoms with Crippen LogP contribution >= 0.6 is 15.9 Å². The second kappa shape index (κ2) is 17.9. The molecular weight excluding hydrogens is 892 g/mol. The van der Waals surface area contributed by atoms with Gasteiger partial charge in [0.2, 0.25) is 27.8 Å². The zero-order chi connectivity index (χ0) is 44.0. The first-order valence-electron chi connectivity index (χ1n) is 21.8. The predicted octanol–water partition coefficient (Wildman–Crippen LogP) is 5.75. The minimum Gasteiger partial charge on any atom is -0.494 e. The second-order valence-electron chi connectivity index (χ2n) is 17.4. The van der Waals surface area contributed by atoms with E-state index in [2.05, 4.69) is 75.5 Å². The van der Waals surface area contributed by atoms with E-state index in [1.54, 1.807) is 19.4 Å². The molecule has 1 aromatic heterocycles. The van der Waals surface area contributed by atoms with Gasteiger partial charge in [-0.3, -0.25) is 24.1 Å². The Kier molecular flexibility index (Phi) is 12.2. The molecule has 334 valence electrons. The first-order valence-corrected chi connectivity index (χ1v) is 24.4. The van der Waals surface area contributed by atoms with Crippen LogP contribution < -0.4 is 34.8 Å². The second-order valence-corrected chi connectivity index (χ2v) is 20.2. The van der Waals surface area contributed by atoms with Gasteiger partial charge < -0.3 is 30.1 Å². The van der Waals surface area contributed by atoms with Crippen molar-refractivity contribution in [2.75, 3.05) is 104 Å². The number of methoxy groups -OCH3 is 1. The van der Waals surface area contributed by atoms with E-state index in [0.29, 0.717) is 70.3 Å². The number of para-hydroxylation sites is 1. The van der Waals surface area contributed by atoms with E-state index in [-0.39, 0.29) is 18.1 Å². The largest absolute Gasteiger partial charge is 0.494 e. The van der Waals surface area contributed by atoms with Gasteiger partial charge in [0.1, 0.15) is 17.4 Å². The fourth-order valence-corrected chi connectivity index (χ4v) is 11.2. The number of piperazine rings is 1. The number of sulfonamides is 1. The molecule has 6 heterocycles. The van der Waals surface area contributed by atoms with Crippen LogP contribution in [0.2, 0.25) is 0 Å². The number of carbonyl (C=O) groups is 2. The Morgan fingerprint density at radius 1 is 0.921 bits per heavy atom. The normalized spacial score (nSPS) is 20.4. The van der Waals surface area contributed by atoms with Crippen LogP contribution in [0.5, 0.6) is 5.75 Å². The van der Waals surface area contributed by atoms with Gasteiger partial charge in [-0.2, -0.15) is 4.98 Å². The molecule has 5 aliphatic rings. The number of halogens is 2. The Bertz CT molecular complexity index is 2510. The molecular formula is C45H54BrFN10O5S. The smallest absolute Gasteiger partial charge is 0.234 e. The summed E-state index contributed by atoms with van der Waals surface area (Å²) in [5.41, 5.74) is 6.47. The predicted molar refractivity (Wildman–Crippen MR) is 247 cm³/mol. The number of ether oxygens (including phenoxy) is 1. The van der Waals surface area contributed by atoms with E-state index in [9.17, 15) is 18.0 Å². The summed E-state index contributed by atoms with van der Waals surface area (Å²) in [6.45, 7) is 11.5. The molecule has 18 heteroatoms. The van der Waals surface area contributed by atoms with Gasteiger partial charge >= 0.3 is 0 Å². The maximum atomic E-state index is 15.1. The molecule has 4 aromatic rings. The molecule has 2 amide bonds. The highest BCUT2D eigenvalue weighted by atomic mass is 79.9. The number of nitrogens with one attached hydrogen (secondary N) is 3. The van der Waals surface area contributed by atoms with Crippen molar-refractivity contribution < 1.29 is 27.1 Å². The van der Waals surface area contributed by atoms with Crippen LogP contribution in [0.25, 0.3) is 0 Å². The highest BCUT2D eigenvalue weighted by Crippen LogP contribution is 2.41. The Hall–Kier alpha value is -5.04. The van der Waals surface area contributed by atoms with Gasteiger partial charge in [-0.05, 0) is 83.9 Å². The van der Waals surface area contributed by atoms with Crippen molar-refractivity contribution >= 4 is 78.0 Å². The number of piperidine rings is 2. The molecule has 0 aliphatic carbocycles. The number of carbonyl (C=O) groups excluding carboxylic acids is 2. The molecule has 4 fully saturated rings. The maximum Gasteiger partial charge on any atom is 0.234 e. The minimum atomic E-state index is -3.44. The Morgan fingerprint density at radius 3 is 2.41 bits per heavy atom. The number of aromatic nitrogens is 2. The number of fused-ring (bicyclic) bond motifs is 1. The minimum absolute atomic E-state index is 0.231. The molecule has 15 nitrogen and oxygen atoms in total. The molecule has 3 aromatic carbocycles. The Morgan fingerprint density at radius 2 is 1.70 bits per heavy atom. The van der Waals surface area contributed by atoms with Gasteiger partial charge in [0.25, 0.3) is 0 Å². The van der Waals surface area contributed by atoms with Crippen molar-refractivity contribution in [1.82, 2.24) is 25.1 Å². The van der Waals surface area contributed by atoms with E-state index >= 15 is 4.39 Å². The molecule has 4 saturated heterocycles. The van der Waals surface area contributed by atoms with E-state index < -0.39 is 21.8 Å². The molecule has 0 saturated carbocycles. The van der Waals surface area contributed by atoms with Crippen LogP contribution in [-0.4, -0.2) is 125 Å². The molecule has 0 spiro atoms. The van der Waals surface area contributed by atoms with Crippen molar-refractivity contribution in [2.45, 2.75) is 51.0 Å². The van der Waals surface area contributed by atoms with Gasteiger partial charge in [0.05, 0.1) is 40.8 Å². The molecule has 0 bridgehead atoms. The number of nitrogens with zero attached hydrogens (tertiary/aromatic N) is 7. The lowest BCUT2D eigenvalue weighted by atomic mass is 9.89. The number of rotatable bonds is 12. The molecule has 1 atom stereocenters. The highest BCUT2D eigenvalue weighted by molar-refractivity contribution is 9.10. The summed E-state index contributed by atoms with van der Waals surface area (Å²) in [7, 11) is -1.78. The summed E-state index contributed by atoms with van der Waals surface area (Å²) in [4.78, 5) is 43.0. The van der Waals surface area contributed by atoms with E-state index in [1.807, 2.05) is 24.3 Å². The number of amides is 2. The zero-order valence-corrected chi connectivity index (χ0v) is 38.3. The van der Waals surface area contributed by atoms with Crippen LogP contribution in [0.4, 0.5) is 44.6 Å². The standard InChI is InChI=1S/C45H54BrFN10O5S/c1-28-21-38(50-45-48-24-35(46)43(52-45)49-37-6-4-5-30-11-16-57(42(30)37)63(3,60)61)40(62-2)23-39(28)55-14-12-31(13-15-55)54-19-17-53(18-20-54)25-29-26-56(27-29)32-7-8-33(36(47)22-32)34-9-10-41(58)51-44(34)59/h4-8,21-24,29,31,34H,9-20,25-27H2,1-3H3,(H,51,58,59)(H2,48,49,50,52). The van der Waals surface area contributed by atoms with Crippen molar-refractivity contribution in [3.8, 4) is 5.75 Å². The van der Waals surface area contributed by atoms with Crippen molar-refractivity contribution in [3.05, 3.63) is 81.7 Å². The van der Waals surface area contributed by atoms with Gasteiger partial charge in [0.15, 0.2) is 0 Å². The zero-order valence-electron chi connectivity index (χ0n) is 35.9. The molecule has 1 unspecified atom stereocenters. The summed E-state index contributed by atoms with van der Waals surface area (Å²) in [6.07, 6.45) is 6.28. The van der Waals surface area contributed by atoms with Crippen molar-refractivity contribution in [1.29, 1.82) is 0 Å². The van der Waals surface area contributed by atoms with Crippen molar-refractivity contribution in [3.63, 3.8) is 0 Å². The van der Waals surface area contributed by atoms with Gasteiger partial charge in [-0.25, -0.2) is 17.8 Å². The Balaban J connectivity index is 0.752. The topological polar surface area (TPSA) is 156 Å². The molecule has 0 radical (unpaired) electrons. The summed E-state index contributed by atoms with van der Waals surface area (Å²) < 4.78 is 48.2. The van der Waals surface area contributed by atoms with E-state index in [0.717, 1.165) is 99.9 Å². The SMILES string of the molecule is COc1cc(N2CCC(N3CCN(CC4CN(c5ccc(C6CCC(=O)NC6=O)c(F)c5)C4)CC3)CC2)c(C)cc1Nc1ncc(Br)c(Nc2cccc3c2N(S(C)(=O)=O)CC3)n1.